The summed E-state index contributed by atoms with van der Waals surface area (Å²) >= 11 is 0. The van der Waals surface area contributed by atoms with Crippen LogP contribution in [0.5, 0.6) is 5.75 Å². The molecule has 0 aliphatic heterocycles. The average molecular weight is 405 g/mol. The molecule has 0 heterocycles. The van der Waals surface area contributed by atoms with Gasteiger partial charge in [0.2, 0.25) is 15.9 Å². The molecule has 0 aromatic heterocycles. The molecular formula is C21H28N2O4S. The topological polar surface area (TPSA) is 75.7 Å². The minimum Gasteiger partial charge on any atom is -0.497 e. The van der Waals surface area contributed by atoms with Crippen LogP contribution in [0.4, 0.5) is 5.69 Å². The highest BCUT2D eigenvalue weighted by Crippen LogP contribution is 2.24. The van der Waals surface area contributed by atoms with Crippen LogP contribution < -0.4 is 14.4 Å². The summed E-state index contributed by atoms with van der Waals surface area (Å²) in [6.45, 7) is 7.51. The highest BCUT2D eigenvalue weighted by Gasteiger charge is 2.30. The third kappa shape index (κ3) is 5.04. The number of rotatable bonds is 7. The van der Waals surface area contributed by atoms with Crippen LogP contribution in [0.1, 0.15) is 36.6 Å². The van der Waals surface area contributed by atoms with Crippen LogP contribution in [-0.2, 0) is 14.8 Å². The number of aryl methyl sites for hydroxylation is 2. The maximum absolute atomic E-state index is 12.8. The van der Waals surface area contributed by atoms with E-state index in [1.165, 1.54) is 12.7 Å². The summed E-state index contributed by atoms with van der Waals surface area (Å²) in [7, 11) is -2.13. The van der Waals surface area contributed by atoms with Crippen molar-refractivity contribution >= 4 is 21.6 Å². The van der Waals surface area contributed by atoms with Crippen LogP contribution in [0.25, 0.3) is 0 Å². The Morgan fingerprint density at radius 1 is 1.04 bits per heavy atom. The largest absolute Gasteiger partial charge is 0.497 e. The Balaban J connectivity index is 2.24. The number of methoxy groups -OCH3 is 1. The third-order valence-electron chi connectivity index (χ3n) is 4.81. The van der Waals surface area contributed by atoms with Gasteiger partial charge in [0.15, 0.2) is 0 Å². The first-order chi connectivity index (χ1) is 13.0. The number of nitrogens with one attached hydrogen (secondary N) is 1. The maximum Gasteiger partial charge on any atom is 0.244 e. The van der Waals surface area contributed by atoms with Crippen LogP contribution >= 0.6 is 0 Å². The summed E-state index contributed by atoms with van der Waals surface area (Å²) in [5.74, 6) is 0.240. The fraction of sp³-hybridized carbons (Fsp3) is 0.381. The lowest BCUT2D eigenvalue weighted by molar-refractivity contribution is -0.122. The van der Waals surface area contributed by atoms with E-state index in [2.05, 4.69) is 5.32 Å². The second-order valence-electron chi connectivity index (χ2n) is 7.01. The van der Waals surface area contributed by atoms with Crippen LogP contribution in [-0.4, -0.2) is 33.7 Å². The molecule has 0 bridgehead atoms. The molecule has 0 saturated carbocycles. The van der Waals surface area contributed by atoms with Crippen LogP contribution in [0.3, 0.4) is 0 Å². The van der Waals surface area contributed by atoms with Gasteiger partial charge in [-0.25, -0.2) is 8.42 Å². The summed E-state index contributed by atoms with van der Waals surface area (Å²) in [4.78, 5) is 12.8. The molecule has 0 fully saturated rings. The van der Waals surface area contributed by atoms with Gasteiger partial charge >= 0.3 is 0 Å². The minimum absolute atomic E-state index is 0.244. The van der Waals surface area contributed by atoms with Crippen molar-refractivity contribution in [3.63, 3.8) is 0 Å². The van der Waals surface area contributed by atoms with Crippen molar-refractivity contribution in [3.05, 3.63) is 59.2 Å². The Bertz CT molecular complexity index is 939. The Morgan fingerprint density at radius 3 is 2.14 bits per heavy atom. The van der Waals surface area contributed by atoms with Crippen LogP contribution in [0, 0.1) is 13.8 Å². The van der Waals surface area contributed by atoms with Gasteiger partial charge in [-0.05, 0) is 68.7 Å². The summed E-state index contributed by atoms with van der Waals surface area (Å²) < 4.78 is 31.0. The second kappa shape index (κ2) is 8.65. The molecule has 2 aromatic carbocycles. The van der Waals surface area contributed by atoms with E-state index in [1.54, 1.807) is 31.2 Å². The van der Waals surface area contributed by atoms with Gasteiger partial charge in [-0.1, -0.05) is 18.2 Å². The molecule has 0 aliphatic carbocycles. The molecule has 0 saturated heterocycles. The number of hydrogen-bond donors (Lipinski definition) is 1. The summed E-state index contributed by atoms with van der Waals surface area (Å²) in [5, 5.41) is 2.92. The standard InChI is InChI=1S/C21H28N2O4S/c1-14-7-8-18(13-15(14)2)16(3)22-21(24)17(4)23(28(6,25)26)19-9-11-20(27-5)12-10-19/h7-13,16-17H,1-6H3,(H,22,24)/t16-,17-/m0/s1. The normalized spacial score (nSPS) is 13.5. The molecule has 0 radical (unpaired) electrons. The van der Waals surface area contributed by atoms with E-state index in [-0.39, 0.29) is 11.9 Å². The number of carbonyl (C=O) groups is 1. The number of carbonyl (C=O) groups excluding carboxylic acids is 1. The lowest BCUT2D eigenvalue weighted by atomic mass is 10.0. The highest BCUT2D eigenvalue weighted by atomic mass is 32.2. The number of nitrogens with zero attached hydrogens (tertiary/aromatic N) is 1. The number of anilines is 1. The fourth-order valence-electron chi connectivity index (χ4n) is 2.99. The molecule has 2 rings (SSSR count). The van der Waals surface area contributed by atoms with E-state index in [1.807, 2.05) is 39.0 Å². The van der Waals surface area contributed by atoms with Crippen molar-refractivity contribution in [2.24, 2.45) is 0 Å². The average Bonchev–Trinajstić information content (AvgIpc) is 2.63. The molecule has 152 valence electrons. The maximum atomic E-state index is 12.8. The first-order valence-electron chi connectivity index (χ1n) is 9.05. The highest BCUT2D eigenvalue weighted by molar-refractivity contribution is 7.92. The predicted octanol–water partition coefficient (Wildman–Crippen LogP) is 3.34. The number of ether oxygens (including phenoxy) is 1. The van der Waals surface area contributed by atoms with E-state index >= 15 is 0 Å². The summed E-state index contributed by atoms with van der Waals surface area (Å²) in [6.07, 6.45) is 1.09. The lowest BCUT2D eigenvalue weighted by Gasteiger charge is -2.29. The van der Waals surface area contributed by atoms with Crippen molar-refractivity contribution in [1.29, 1.82) is 0 Å². The summed E-state index contributed by atoms with van der Waals surface area (Å²) in [5.41, 5.74) is 3.70. The smallest absolute Gasteiger partial charge is 0.244 e. The number of benzene rings is 2. The predicted molar refractivity (Wildman–Crippen MR) is 112 cm³/mol. The van der Waals surface area contributed by atoms with E-state index in [0.29, 0.717) is 11.4 Å². The van der Waals surface area contributed by atoms with E-state index < -0.39 is 16.1 Å². The molecule has 7 heteroatoms. The number of amides is 1. The molecule has 1 N–H and O–H groups in total. The van der Waals surface area contributed by atoms with Gasteiger partial charge in [0.25, 0.3) is 0 Å². The lowest BCUT2D eigenvalue weighted by Crippen LogP contribution is -2.48. The fourth-order valence-corrected chi connectivity index (χ4v) is 4.16. The monoisotopic (exact) mass is 404 g/mol. The van der Waals surface area contributed by atoms with Crippen molar-refractivity contribution < 1.29 is 17.9 Å². The van der Waals surface area contributed by atoms with E-state index in [0.717, 1.165) is 21.7 Å². The second-order valence-corrected chi connectivity index (χ2v) is 8.87. The van der Waals surface area contributed by atoms with Gasteiger partial charge in [0.05, 0.1) is 25.1 Å². The van der Waals surface area contributed by atoms with Crippen LogP contribution in [0.2, 0.25) is 0 Å². The first-order valence-corrected chi connectivity index (χ1v) is 10.9. The number of hydrogen-bond acceptors (Lipinski definition) is 4. The van der Waals surface area contributed by atoms with Gasteiger partial charge in [0, 0.05) is 0 Å². The van der Waals surface area contributed by atoms with Gasteiger partial charge in [-0.15, -0.1) is 0 Å². The van der Waals surface area contributed by atoms with Gasteiger partial charge in [0.1, 0.15) is 11.8 Å². The van der Waals surface area contributed by atoms with Gasteiger partial charge < -0.3 is 10.1 Å². The molecule has 28 heavy (non-hydrogen) atoms. The minimum atomic E-state index is -3.66. The third-order valence-corrected chi connectivity index (χ3v) is 6.05. The zero-order chi connectivity index (χ0) is 21.1. The van der Waals surface area contributed by atoms with Gasteiger partial charge in [-0.2, -0.15) is 0 Å². The number of sulfonamides is 1. The molecule has 1 amide bonds. The zero-order valence-corrected chi connectivity index (χ0v) is 18.0. The Morgan fingerprint density at radius 2 is 1.64 bits per heavy atom. The SMILES string of the molecule is COc1ccc(N([C@@H](C)C(=O)N[C@@H](C)c2ccc(C)c(C)c2)S(C)(=O)=O)cc1. The van der Waals surface area contributed by atoms with Crippen molar-refractivity contribution in [2.45, 2.75) is 39.8 Å². The van der Waals surface area contributed by atoms with Crippen LogP contribution in [0.15, 0.2) is 42.5 Å². The first kappa shape index (κ1) is 21.8. The van der Waals surface area contributed by atoms with Crippen molar-refractivity contribution in [2.75, 3.05) is 17.7 Å². The molecule has 0 spiro atoms. The van der Waals surface area contributed by atoms with E-state index in [4.69, 9.17) is 4.74 Å². The Kier molecular flexibility index (Phi) is 6.72. The molecule has 0 aliphatic rings. The Hall–Kier alpha value is -2.54. The molecular weight excluding hydrogens is 376 g/mol. The van der Waals surface area contributed by atoms with Crippen molar-refractivity contribution in [3.8, 4) is 5.75 Å². The molecule has 2 atom stereocenters. The molecule has 0 unspecified atom stereocenters. The summed E-state index contributed by atoms with van der Waals surface area (Å²) in [6, 6.07) is 11.4. The van der Waals surface area contributed by atoms with Crippen molar-refractivity contribution in [1.82, 2.24) is 5.32 Å². The van der Waals surface area contributed by atoms with Gasteiger partial charge in [-0.3, -0.25) is 9.10 Å². The Labute approximate surface area is 167 Å². The van der Waals surface area contributed by atoms with E-state index in [9.17, 15) is 13.2 Å². The molecule has 2 aromatic rings. The molecule has 6 nitrogen and oxygen atoms in total. The quantitative estimate of drug-likeness (QED) is 0.768. The zero-order valence-electron chi connectivity index (χ0n) is 17.2.